The SMILES string of the molecule is COC(=O)[C@H]1CC12CCN(S(=O)(=O)CCC(F)(F)Cl)CC2. The van der Waals surface area contributed by atoms with E-state index in [9.17, 15) is 22.0 Å². The van der Waals surface area contributed by atoms with Crippen molar-refractivity contribution in [3.63, 3.8) is 0 Å². The summed E-state index contributed by atoms with van der Waals surface area (Å²) in [6.45, 7) is 0.507. The van der Waals surface area contributed by atoms with Crippen LogP contribution in [-0.4, -0.2) is 50.0 Å². The third-order valence-corrected chi connectivity index (χ3v) is 6.49. The number of sulfonamides is 1. The fourth-order valence-corrected chi connectivity index (χ4v) is 4.68. The summed E-state index contributed by atoms with van der Waals surface area (Å²) >= 11 is 4.74. The van der Waals surface area contributed by atoms with Gasteiger partial charge in [-0.15, -0.1) is 0 Å². The first-order valence-electron chi connectivity index (χ1n) is 6.72. The maximum absolute atomic E-state index is 12.6. The van der Waals surface area contributed by atoms with E-state index in [1.54, 1.807) is 0 Å². The molecule has 122 valence electrons. The highest BCUT2D eigenvalue weighted by Gasteiger charge is 2.59. The van der Waals surface area contributed by atoms with Crippen LogP contribution in [0, 0.1) is 11.3 Å². The molecule has 2 rings (SSSR count). The summed E-state index contributed by atoms with van der Waals surface area (Å²) in [5.74, 6) is -1.08. The van der Waals surface area contributed by atoms with Gasteiger partial charge in [-0.05, 0) is 36.3 Å². The molecule has 0 N–H and O–H groups in total. The monoisotopic (exact) mass is 345 g/mol. The van der Waals surface area contributed by atoms with Gasteiger partial charge in [0.25, 0.3) is 0 Å². The maximum Gasteiger partial charge on any atom is 0.322 e. The number of ether oxygens (including phenoxy) is 1. The summed E-state index contributed by atoms with van der Waals surface area (Å²) in [6, 6.07) is 0. The molecule has 0 amide bonds. The fraction of sp³-hybridized carbons (Fsp3) is 0.917. The number of esters is 1. The molecule has 0 aromatic rings. The van der Waals surface area contributed by atoms with Gasteiger partial charge in [0, 0.05) is 19.5 Å². The molecule has 1 saturated heterocycles. The topological polar surface area (TPSA) is 63.7 Å². The van der Waals surface area contributed by atoms with Crippen LogP contribution in [0.5, 0.6) is 0 Å². The predicted octanol–water partition coefficient (Wildman–Crippen LogP) is 1.81. The second-order valence-corrected chi connectivity index (χ2v) is 8.36. The number of halogens is 3. The van der Waals surface area contributed by atoms with Crippen LogP contribution < -0.4 is 0 Å². The summed E-state index contributed by atoms with van der Waals surface area (Å²) < 4.78 is 55.0. The standard InChI is InChI=1S/C12H18ClF2NO4S/c1-20-10(17)9-8-11(9)2-5-16(6-3-11)21(18,19)7-4-12(13,14)15/h9H,2-8H2,1H3/t9-/m1/s1. The summed E-state index contributed by atoms with van der Waals surface area (Å²) in [4.78, 5) is 11.5. The predicted molar refractivity (Wildman–Crippen MR) is 72.6 cm³/mol. The van der Waals surface area contributed by atoms with Gasteiger partial charge in [0.15, 0.2) is 0 Å². The Balaban J connectivity index is 1.88. The second-order valence-electron chi connectivity index (χ2n) is 5.72. The largest absolute Gasteiger partial charge is 0.469 e. The van der Waals surface area contributed by atoms with Crippen molar-refractivity contribution in [1.82, 2.24) is 4.31 Å². The van der Waals surface area contributed by atoms with Crippen LogP contribution in [0.4, 0.5) is 8.78 Å². The zero-order valence-corrected chi connectivity index (χ0v) is 13.2. The highest BCUT2D eigenvalue weighted by atomic mass is 35.5. The molecule has 21 heavy (non-hydrogen) atoms. The quantitative estimate of drug-likeness (QED) is 0.563. The van der Waals surface area contributed by atoms with Gasteiger partial charge in [-0.25, -0.2) is 12.7 Å². The van der Waals surface area contributed by atoms with Crippen LogP contribution >= 0.6 is 11.6 Å². The fourth-order valence-electron chi connectivity index (χ4n) is 2.96. The normalized spacial score (nSPS) is 25.8. The van der Waals surface area contributed by atoms with E-state index in [0.29, 0.717) is 19.3 Å². The minimum absolute atomic E-state index is 0.153. The Morgan fingerprint density at radius 3 is 2.48 bits per heavy atom. The molecular formula is C12H18ClF2NO4S. The molecule has 1 aliphatic heterocycles. The molecule has 1 heterocycles. The lowest BCUT2D eigenvalue weighted by Crippen LogP contribution is -2.41. The number of rotatable bonds is 5. The van der Waals surface area contributed by atoms with Gasteiger partial charge in [-0.1, -0.05) is 0 Å². The Bertz CT molecular complexity index is 512. The van der Waals surface area contributed by atoms with Gasteiger partial charge in [-0.3, -0.25) is 4.79 Å². The van der Waals surface area contributed by atoms with Crippen molar-refractivity contribution in [2.45, 2.75) is 31.1 Å². The molecule has 1 spiro atoms. The van der Waals surface area contributed by atoms with Crippen molar-refractivity contribution < 1.29 is 26.7 Å². The maximum atomic E-state index is 12.6. The Morgan fingerprint density at radius 2 is 2.00 bits per heavy atom. The van der Waals surface area contributed by atoms with Crippen molar-refractivity contribution in [3.8, 4) is 0 Å². The smallest absolute Gasteiger partial charge is 0.322 e. The molecule has 0 radical (unpaired) electrons. The highest BCUT2D eigenvalue weighted by Crippen LogP contribution is 2.59. The number of hydrogen-bond acceptors (Lipinski definition) is 4. The molecule has 2 aliphatic rings. The van der Waals surface area contributed by atoms with Crippen molar-refractivity contribution in [2.24, 2.45) is 11.3 Å². The van der Waals surface area contributed by atoms with E-state index in [0.717, 1.165) is 0 Å². The molecule has 0 unspecified atom stereocenters. The van der Waals surface area contributed by atoms with Crippen LogP contribution in [0.15, 0.2) is 0 Å². The van der Waals surface area contributed by atoms with E-state index in [2.05, 4.69) is 0 Å². The lowest BCUT2D eigenvalue weighted by atomic mass is 9.92. The van der Waals surface area contributed by atoms with E-state index in [1.807, 2.05) is 0 Å². The Kier molecular flexibility index (Phi) is 4.52. The number of piperidine rings is 1. The molecule has 0 aromatic heterocycles. The molecule has 1 aliphatic carbocycles. The first kappa shape index (κ1) is 16.9. The average Bonchev–Trinajstić information content (AvgIpc) is 3.09. The number of carbonyl (C=O) groups is 1. The zero-order valence-electron chi connectivity index (χ0n) is 11.6. The summed E-state index contributed by atoms with van der Waals surface area (Å²) in [7, 11) is -2.40. The van der Waals surface area contributed by atoms with E-state index >= 15 is 0 Å². The van der Waals surface area contributed by atoms with E-state index in [-0.39, 0.29) is 30.4 Å². The van der Waals surface area contributed by atoms with Crippen LogP contribution in [0.2, 0.25) is 0 Å². The summed E-state index contributed by atoms with van der Waals surface area (Å²) in [5.41, 5.74) is -0.157. The molecule has 9 heteroatoms. The number of hydrogen-bond donors (Lipinski definition) is 0. The Labute approximate surface area is 127 Å². The summed E-state index contributed by atoms with van der Waals surface area (Å²) in [6.07, 6.45) is 0.934. The zero-order chi connectivity index (χ0) is 15.9. The van der Waals surface area contributed by atoms with Gasteiger partial charge in [0.05, 0.1) is 18.8 Å². The number of carbonyl (C=O) groups excluding carboxylic acids is 1. The third kappa shape index (κ3) is 3.84. The van der Waals surface area contributed by atoms with Crippen LogP contribution in [0.3, 0.4) is 0 Å². The van der Waals surface area contributed by atoms with Crippen molar-refractivity contribution in [3.05, 3.63) is 0 Å². The third-order valence-electron chi connectivity index (χ3n) is 4.43. The van der Waals surface area contributed by atoms with Crippen LogP contribution in [-0.2, 0) is 19.6 Å². The van der Waals surface area contributed by atoms with E-state index < -0.39 is 27.6 Å². The first-order valence-corrected chi connectivity index (χ1v) is 8.71. The van der Waals surface area contributed by atoms with Crippen LogP contribution in [0.25, 0.3) is 0 Å². The van der Waals surface area contributed by atoms with Crippen molar-refractivity contribution in [2.75, 3.05) is 26.0 Å². The van der Waals surface area contributed by atoms with Gasteiger partial charge in [0.1, 0.15) is 0 Å². The number of nitrogens with zero attached hydrogens (tertiary/aromatic N) is 1. The van der Waals surface area contributed by atoms with E-state index in [4.69, 9.17) is 16.3 Å². The van der Waals surface area contributed by atoms with Gasteiger partial charge >= 0.3 is 11.4 Å². The average molecular weight is 346 g/mol. The number of alkyl halides is 3. The molecule has 2 fully saturated rings. The van der Waals surface area contributed by atoms with Gasteiger partial charge in [-0.2, -0.15) is 8.78 Å². The number of methoxy groups -OCH3 is 1. The molecule has 0 aromatic carbocycles. The van der Waals surface area contributed by atoms with E-state index in [1.165, 1.54) is 11.4 Å². The lowest BCUT2D eigenvalue weighted by Gasteiger charge is -2.32. The lowest BCUT2D eigenvalue weighted by molar-refractivity contribution is -0.143. The van der Waals surface area contributed by atoms with Crippen molar-refractivity contribution in [1.29, 1.82) is 0 Å². The Morgan fingerprint density at radius 1 is 1.43 bits per heavy atom. The molecule has 1 saturated carbocycles. The van der Waals surface area contributed by atoms with Crippen LogP contribution in [0.1, 0.15) is 25.7 Å². The van der Waals surface area contributed by atoms with Gasteiger partial charge < -0.3 is 4.74 Å². The summed E-state index contributed by atoms with van der Waals surface area (Å²) in [5, 5.41) is -3.50. The first-order chi connectivity index (χ1) is 9.60. The molecular weight excluding hydrogens is 328 g/mol. The molecule has 0 bridgehead atoms. The minimum Gasteiger partial charge on any atom is -0.469 e. The molecule has 1 atom stereocenters. The molecule has 5 nitrogen and oxygen atoms in total. The highest BCUT2D eigenvalue weighted by molar-refractivity contribution is 7.89. The van der Waals surface area contributed by atoms with Gasteiger partial charge in [0.2, 0.25) is 10.0 Å². The minimum atomic E-state index is -3.73. The van der Waals surface area contributed by atoms with Crippen molar-refractivity contribution >= 4 is 27.6 Å². The Hall–Kier alpha value is -0.470. The second kappa shape index (κ2) is 5.62.